The monoisotopic (exact) mass is 205 g/mol. The summed E-state index contributed by atoms with van der Waals surface area (Å²) < 4.78 is 0. The zero-order valence-electron chi connectivity index (χ0n) is 9.17. The topological polar surface area (TPSA) is 12.9 Å². The van der Waals surface area contributed by atoms with Crippen LogP contribution in [0.2, 0.25) is 0 Å². The second-order valence-corrected chi connectivity index (χ2v) is 5.22. The molecule has 0 saturated heterocycles. The highest BCUT2D eigenvalue weighted by Crippen LogP contribution is 2.38. The molecule has 1 aliphatic rings. The van der Waals surface area contributed by atoms with Gasteiger partial charge in [0.2, 0.25) is 0 Å². The molecule has 1 aliphatic carbocycles. The van der Waals surface area contributed by atoms with E-state index in [-0.39, 0.29) is 0 Å². The van der Waals surface area contributed by atoms with Gasteiger partial charge in [-0.3, -0.25) is 4.98 Å². The normalized spacial score (nSPS) is 16.3. The minimum atomic E-state index is 0.528. The van der Waals surface area contributed by atoms with Crippen molar-refractivity contribution >= 4 is 27.9 Å². The Bertz CT molecular complexity index is 335. The Morgan fingerprint density at radius 1 is 1.50 bits per heavy atom. The second kappa shape index (κ2) is 3.66. The standard InChI is InChI=1S/C11H17BNP/c1-6(2)10-9(14)5-8(12)11(13-10)7-3-4-7/h5-7H,3-4,12,14H2,1-2H3. The first kappa shape index (κ1) is 10.2. The molecule has 1 aromatic rings. The predicted octanol–water partition coefficient (Wildman–Crippen LogP) is 0.841. The molecular weight excluding hydrogens is 188 g/mol. The number of nitrogens with zero attached hydrogens (tertiary/aromatic N) is 1. The van der Waals surface area contributed by atoms with E-state index in [1.165, 1.54) is 35.0 Å². The molecule has 1 atom stereocenters. The van der Waals surface area contributed by atoms with Gasteiger partial charge in [-0.05, 0) is 24.1 Å². The van der Waals surface area contributed by atoms with Gasteiger partial charge in [-0.15, -0.1) is 9.24 Å². The van der Waals surface area contributed by atoms with Crippen LogP contribution in [0.4, 0.5) is 0 Å². The average Bonchev–Trinajstić information content (AvgIpc) is 2.86. The molecule has 3 heteroatoms. The second-order valence-electron chi connectivity index (χ2n) is 4.59. The molecule has 0 bridgehead atoms. The fourth-order valence-corrected chi connectivity index (χ4v) is 2.54. The van der Waals surface area contributed by atoms with E-state index in [0.717, 1.165) is 5.92 Å². The van der Waals surface area contributed by atoms with Crippen LogP contribution in [0, 0.1) is 0 Å². The third-order valence-electron chi connectivity index (χ3n) is 2.82. The van der Waals surface area contributed by atoms with Crippen molar-refractivity contribution < 1.29 is 0 Å². The molecule has 1 unspecified atom stereocenters. The quantitative estimate of drug-likeness (QED) is 0.515. The highest BCUT2D eigenvalue weighted by atomic mass is 31.0. The molecule has 14 heavy (non-hydrogen) atoms. The Hall–Kier alpha value is -0.355. The van der Waals surface area contributed by atoms with Crippen molar-refractivity contribution in [3.05, 3.63) is 17.5 Å². The van der Waals surface area contributed by atoms with Crippen LogP contribution in [0.3, 0.4) is 0 Å². The Morgan fingerprint density at radius 3 is 2.64 bits per heavy atom. The minimum absolute atomic E-state index is 0.528. The Kier molecular flexibility index (Phi) is 2.66. The van der Waals surface area contributed by atoms with Gasteiger partial charge in [0.1, 0.15) is 7.85 Å². The predicted molar refractivity (Wildman–Crippen MR) is 67.8 cm³/mol. The van der Waals surface area contributed by atoms with Gasteiger partial charge in [0.05, 0.1) is 5.69 Å². The van der Waals surface area contributed by atoms with Crippen molar-refractivity contribution in [3.63, 3.8) is 0 Å². The SMILES string of the molecule is Bc1cc(P)c(C(C)C)nc1C1CC1. The van der Waals surface area contributed by atoms with Crippen LogP contribution in [0.15, 0.2) is 6.07 Å². The van der Waals surface area contributed by atoms with Crippen LogP contribution in [0.5, 0.6) is 0 Å². The third kappa shape index (κ3) is 1.86. The maximum absolute atomic E-state index is 4.81. The van der Waals surface area contributed by atoms with Gasteiger partial charge in [0, 0.05) is 11.6 Å². The van der Waals surface area contributed by atoms with Crippen molar-refractivity contribution in [1.82, 2.24) is 4.98 Å². The van der Waals surface area contributed by atoms with E-state index in [9.17, 15) is 0 Å². The fourth-order valence-electron chi connectivity index (χ4n) is 1.90. The lowest BCUT2D eigenvalue weighted by Crippen LogP contribution is -2.21. The summed E-state index contributed by atoms with van der Waals surface area (Å²) in [5.74, 6) is 1.29. The molecule has 0 N–H and O–H groups in total. The van der Waals surface area contributed by atoms with Gasteiger partial charge in [-0.2, -0.15) is 0 Å². The summed E-state index contributed by atoms with van der Waals surface area (Å²) >= 11 is 0. The van der Waals surface area contributed by atoms with E-state index < -0.39 is 0 Å². The van der Waals surface area contributed by atoms with E-state index in [1.54, 1.807) is 0 Å². The summed E-state index contributed by atoms with van der Waals surface area (Å²) in [6.07, 6.45) is 2.67. The lowest BCUT2D eigenvalue weighted by atomic mass is 9.91. The number of pyridine rings is 1. The van der Waals surface area contributed by atoms with Gasteiger partial charge < -0.3 is 0 Å². The molecule has 74 valence electrons. The highest BCUT2D eigenvalue weighted by Gasteiger charge is 2.27. The Balaban J connectivity index is 2.45. The van der Waals surface area contributed by atoms with Crippen molar-refractivity contribution in [3.8, 4) is 0 Å². The molecular formula is C11H17BNP. The first-order valence-corrected chi connectivity index (χ1v) is 5.94. The van der Waals surface area contributed by atoms with Crippen LogP contribution in [0.1, 0.15) is 49.9 Å². The number of hydrogen-bond donors (Lipinski definition) is 0. The zero-order valence-corrected chi connectivity index (χ0v) is 10.3. The zero-order chi connectivity index (χ0) is 10.3. The number of aromatic nitrogens is 1. The van der Waals surface area contributed by atoms with E-state index in [4.69, 9.17) is 4.98 Å². The van der Waals surface area contributed by atoms with Gasteiger partial charge >= 0.3 is 0 Å². The van der Waals surface area contributed by atoms with Gasteiger partial charge in [0.15, 0.2) is 0 Å². The molecule has 1 aromatic heterocycles. The number of hydrogen-bond acceptors (Lipinski definition) is 1. The summed E-state index contributed by atoms with van der Waals surface area (Å²) in [7, 11) is 4.98. The van der Waals surface area contributed by atoms with Crippen LogP contribution in [-0.2, 0) is 0 Å². The summed E-state index contributed by atoms with van der Waals surface area (Å²) in [5.41, 5.74) is 3.96. The first-order valence-electron chi connectivity index (χ1n) is 5.36. The summed E-state index contributed by atoms with van der Waals surface area (Å²) in [6.45, 7) is 4.42. The number of rotatable bonds is 2. The maximum Gasteiger partial charge on any atom is 0.141 e. The largest absolute Gasteiger partial charge is 0.257 e. The van der Waals surface area contributed by atoms with Gasteiger partial charge in [0.25, 0.3) is 0 Å². The van der Waals surface area contributed by atoms with Crippen molar-refractivity contribution in [2.45, 2.75) is 38.5 Å². The average molecular weight is 205 g/mol. The summed E-state index contributed by atoms with van der Waals surface area (Å²) in [4.78, 5) is 4.81. The van der Waals surface area contributed by atoms with Crippen LogP contribution >= 0.6 is 9.24 Å². The molecule has 0 aliphatic heterocycles. The minimum Gasteiger partial charge on any atom is -0.257 e. The van der Waals surface area contributed by atoms with E-state index in [0.29, 0.717) is 5.92 Å². The van der Waals surface area contributed by atoms with Crippen molar-refractivity contribution in [1.29, 1.82) is 0 Å². The highest BCUT2D eigenvalue weighted by molar-refractivity contribution is 7.27. The van der Waals surface area contributed by atoms with E-state index in [2.05, 4.69) is 37.0 Å². The first-order chi connectivity index (χ1) is 6.59. The molecule has 1 saturated carbocycles. The molecule has 1 nitrogen and oxygen atoms in total. The molecule has 1 heterocycles. The summed E-state index contributed by atoms with van der Waals surface area (Å²) in [5, 5.41) is 1.27. The molecule has 0 aromatic carbocycles. The van der Waals surface area contributed by atoms with Gasteiger partial charge in [-0.25, -0.2) is 0 Å². The van der Waals surface area contributed by atoms with Crippen LogP contribution in [-0.4, -0.2) is 12.8 Å². The Morgan fingerprint density at radius 2 is 2.14 bits per heavy atom. The fraction of sp³-hybridized carbons (Fsp3) is 0.545. The smallest absolute Gasteiger partial charge is 0.141 e. The van der Waals surface area contributed by atoms with E-state index >= 15 is 0 Å². The lowest BCUT2D eigenvalue weighted by Gasteiger charge is -2.13. The van der Waals surface area contributed by atoms with Gasteiger partial charge in [-0.1, -0.05) is 25.4 Å². The Labute approximate surface area is 89.3 Å². The van der Waals surface area contributed by atoms with Crippen LogP contribution in [0.25, 0.3) is 0 Å². The van der Waals surface area contributed by atoms with E-state index in [1.807, 2.05) is 0 Å². The lowest BCUT2D eigenvalue weighted by molar-refractivity contribution is 0.816. The molecule has 0 spiro atoms. The third-order valence-corrected chi connectivity index (χ3v) is 3.29. The molecule has 0 amide bonds. The van der Waals surface area contributed by atoms with Crippen molar-refractivity contribution in [2.75, 3.05) is 0 Å². The molecule has 1 fully saturated rings. The van der Waals surface area contributed by atoms with Crippen LogP contribution < -0.4 is 10.8 Å². The molecule has 0 radical (unpaired) electrons. The summed E-state index contributed by atoms with van der Waals surface area (Å²) in [6, 6.07) is 2.26. The molecule has 2 rings (SSSR count). The maximum atomic E-state index is 4.81. The van der Waals surface area contributed by atoms with Crippen molar-refractivity contribution in [2.24, 2.45) is 0 Å².